The van der Waals surface area contributed by atoms with Crippen molar-refractivity contribution in [3.63, 3.8) is 0 Å². The molecule has 7 rings (SSSR count). The van der Waals surface area contributed by atoms with Crippen LogP contribution in [0.4, 0.5) is 0 Å². The Hall–Kier alpha value is -3.80. The zero-order chi connectivity index (χ0) is 25.1. The first-order valence-electron chi connectivity index (χ1n) is 13.0. The summed E-state index contributed by atoms with van der Waals surface area (Å²) in [6, 6.07) is 26.3. The van der Waals surface area contributed by atoms with Gasteiger partial charge < -0.3 is 14.4 Å². The number of aliphatic hydroxyl groups excluding tert-OH is 1. The van der Waals surface area contributed by atoms with Gasteiger partial charge in [0, 0.05) is 38.7 Å². The second kappa shape index (κ2) is 8.65. The molecule has 0 spiro atoms. The number of nitrogens with zero attached hydrogens (tertiary/aromatic N) is 3. The van der Waals surface area contributed by atoms with E-state index in [2.05, 4.69) is 89.0 Å². The number of fused-ring (bicyclic) bond motifs is 11. The van der Waals surface area contributed by atoms with Crippen LogP contribution in [-0.2, 0) is 11.8 Å². The van der Waals surface area contributed by atoms with E-state index in [1.54, 1.807) is 7.11 Å². The Morgan fingerprint density at radius 2 is 1.65 bits per heavy atom. The summed E-state index contributed by atoms with van der Waals surface area (Å²) in [6.45, 7) is 0.797. The monoisotopic (exact) mass is 488 g/mol. The van der Waals surface area contributed by atoms with Crippen LogP contribution in [0.1, 0.15) is 30.4 Å². The van der Waals surface area contributed by atoms with Crippen LogP contribution in [0.2, 0.25) is 0 Å². The molecule has 0 radical (unpaired) electrons. The second-order valence-electron chi connectivity index (χ2n) is 10.2. The molecule has 1 aliphatic rings. The quantitative estimate of drug-likeness (QED) is 0.301. The number of hydrogen-bond acceptors (Lipinski definition) is 3. The van der Waals surface area contributed by atoms with Gasteiger partial charge in [-0.1, -0.05) is 66.7 Å². The Labute approximate surface area is 215 Å². The molecule has 3 heterocycles. The fourth-order valence-corrected chi connectivity index (χ4v) is 6.71. The third-order valence-corrected chi connectivity index (χ3v) is 8.34. The van der Waals surface area contributed by atoms with Gasteiger partial charge in [-0.15, -0.1) is 0 Å². The molecule has 2 aromatic heterocycles. The summed E-state index contributed by atoms with van der Waals surface area (Å²) in [6.07, 6.45) is 3.59. The predicted octanol–water partition coefficient (Wildman–Crippen LogP) is 6.04. The normalized spacial score (nSPS) is 17.1. The van der Waals surface area contributed by atoms with Gasteiger partial charge in [-0.25, -0.2) is 4.57 Å². The van der Waals surface area contributed by atoms with Crippen LogP contribution in [0.3, 0.4) is 0 Å². The molecule has 1 aliphatic heterocycles. The standard InChI is InChI=1S/C32H30N3O2/c1-34-27-14-12-21-8-4-6-10-23(21)29(27)30-32(34)31-28-22-9-5-3-7-20(22)11-13-25(28)24(15-17-36)26(16-18-37-2)35(31)19-33-30/h3-14,19,24,26,36H,15-18H2,1-2H3/q+1. The molecule has 0 amide bonds. The van der Waals surface area contributed by atoms with Crippen molar-refractivity contribution in [2.24, 2.45) is 7.05 Å². The van der Waals surface area contributed by atoms with E-state index in [4.69, 9.17) is 9.72 Å². The SMILES string of the molecule is COCCC1C(CCO)c2ccc3ccccc3c2-c2c3c(nc[n+]21)c1c2ccccc2ccc1n3C. The van der Waals surface area contributed by atoms with Crippen LogP contribution < -0.4 is 4.57 Å². The highest BCUT2D eigenvalue weighted by atomic mass is 16.5. The molecule has 0 saturated carbocycles. The maximum atomic E-state index is 10.1. The van der Waals surface area contributed by atoms with E-state index in [-0.39, 0.29) is 18.6 Å². The average molecular weight is 489 g/mol. The summed E-state index contributed by atoms with van der Waals surface area (Å²) < 4.78 is 10.2. The molecule has 0 fully saturated rings. The Morgan fingerprint density at radius 1 is 0.919 bits per heavy atom. The van der Waals surface area contributed by atoms with Gasteiger partial charge in [0.15, 0.2) is 5.69 Å². The fraction of sp³-hybridized carbons (Fsp3) is 0.250. The van der Waals surface area contributed by atoms with Crippen molar-refractivity contribution in [2.75, 3.05) is 20.3 Å². The molecule has 2 unspecified atom stereocenters. The highest BCUT2D eigenvalue weighted by Gasteiger charge is 2.40. The van der Waals surface area contributed by atoms with Crippen molar-refractivity contribution in [2.45, 2.75) is 24.8 Å². The van der Waals surface area contributed by atoms with E-state index in [0.29, 0.717) is 13.0 Å². The van der Waals surface area contributed by atoms with Gasteiger partial charge in [0.05, 0.1) is 17.5 Å². The number of aryl methyl sites for hydroxylation is 1. The predicted molar refractivity (Wildman–Crippen MR) is 149 cm³/mol. The van der Waals surface area contributed by atoms with Crippen molar-refractivity contribution < 1.29 is 14.4 Å². The van der Waals surface area contributed by atoms with E-state index in [0.717, 1.165) is 17.5 Å². The van der Waals surface area contributed by atoms with Crippen molar-refractivity contribution in [3.05, 3.63) is 84.7 Å². The van der Waals surface area contributed by atoms with Gasteiger partial charge in [0.25, 0.3) is 6.33 Å². The van der Waals surface area contributed by atoms with Gasteiger partial charge in [-0.05, 0) is 44.6 Å². The molecule has 5 nitrogen and oxygen atoms in total. The lowest BCUT2D eigenvalue weighted by atomic mass is 9.78. The molecule has 0 bridgehead atoms. The maximum Gasteiger partial charge on any atom is 0.287 e. The molecule has 5 heteroatoms. The Bertz CT molecular complexity index is 1820. The van der Waals surface area contributed by atoms with Crippen LogP contribution in [0.15, 0.2) is 79.1 Å². The maximum absolute atomic E-state index is 10.1. The van der Waals surface area contributed by atoms with Gasteiger partial charge in [-0.2, -0.15) is 0 Å². The number of benzene rings is 4. The minimum Gasteiger partial charge on any atom is -0.396 e. The fourth-order valence-electron chi connectivity index (χ4n) is 6.71. The number of hydrogen-bond donors (Lipinski definition) is 1. The molecule has 6 aromatic rings. The lowest BCUT2D eigenvalue weighted by Gasteiger charge is -2.33. The molecule has 184 valence electrons. The van der Waals surface area contributed by atoms with E-state index in [1.807, 2.05) is 6.33 Å². The summed E-state index contributed by atoms with van der Waals surface area (Å²) >= 11 is 0. The summed E-state index contributed by atoms with van der Waals surface area (Å²) in [5.74, 6) is 0.173. The Morgan fingerprint density at radius 3 is 2.43 bits per heavy atom. The zero-order valence-corrected chi connectivity index (χ0v) is 21.2. The van der Waals surface area contributed by atoms with Crippen LogP contribution >= 0.6 is 0 Å². The number of ether oxygens (including phenoxy) is 1. The van der Waals surface area contributed by atoms with Gasteiger partial charge in [0.1, 0.15) is 11.6 Å². The molecule has 2 atom stereocenters. The van der Waals surface area contributed by atoms with Crippen LogP contribution in [0.5, 0.6) is 0 Å². The number of aromatic nitrogens is 3. The van der Waals surface area contributed by atoms with Crippen LogP contribution in [0, 0.1) is 0 Å². The van der Waals surface area contributed by atoms with Crippen molar-refractivity contribution in [1.29, 1.82) is 0 Å². The van der Waals surface area contributed by atoms with Crippen molar-refractivity contribution >= 4 is 43.5 Å². The first kappa shape index (κ1) is 22.4. The number of methoxy groups -OCH3 is 1. The van der Waals surface area contributed by atoms with Crippen molar-refractivity contribution in [3.8, 4) is 11.3 Å². The molecule has 1 N–H and O–H groups in total. The molecular weight excluding hydrogens is 458 g/mol. The molecular formula is C32H30N3O2+. The largest absolute Gasteiger partial charge is 0.396 e. The Kier molecular flexibility index (Phi) is 5.24. The van der Waals surface area contributed by atoms with Crippen molar-refractivity contribution in [1.82, 2.24) is 9.55 Å². The lowest BCUT2D eigenvalue weighted by Crippen LogP contribution is -2.48. The average Bonchev–Trinajstić information content (AvgIpc) is 3.24. The van der Waals surface area contributed by atoms with Gasteiger partial charge in [0.2, 0.25) is 5.52 Å². The van der Waals surface area contributed by atoms with Gasteiger partial charge >= 0.3 is 0 Å². The summed E-state index contributed by atoms with van der Waals surface area (Å²) in [5, 5.41) is 16.2. The summed E-state index contributed by atoms with van der Waals surface area (Å²) in [7, 11) is 3.92. The zero-order valence-electron chi connectivity index (χ0n) is 21.2. The molecule has 0 aliphatic carbocycles. The van der Waals surface area contributed by atoms with E-state index >= 15 is 0 Å². The second-order valence-corrected chi connectivity index (χ2v) is 10.2. The van der Waals surface area contributed by atoms with Crippen LogP contribution in [-0.4, -0.2) is 35.0 Å². The highest BCUT2D eigenvalue weighted by molar-refractivity contribution is 6.21. The van der Waals surface area contributed by atoms with Crippen LogP contribution in [0.25, 0.3) is 54.7 Å². The number of rotatable bonds is 5. The molecule has 37 heavy (non-hydrogen) atoms. The molecule has 0 saturated heterocycles. The minimum atomic E-state index is 0.141. The minimum absolute atomic E-state index is 0.141. The number of aliphatic hydroxyl groups is 1. The first-order valence-corrected chi connectivity index (χ1v) is 13.0. The summed E-state index contributed by atoms with van der Waals surface area (Å²) in [5.41, 5.74) is 7.13. The Balaban J connectivity index is 1.66. The third kappa shape index (κ3) is 3.17. The van der Waals surface area contributed by atoms with E-state index in [1.165, 1.54) is 49.3 Å². The summed E-state index contributed by atoms with van der Waals surface area (Å²) in [4.78, 5) is 5.14. The first-order chi connectivity index (χ1) is 18.2. The lowest BCUT2D eigenvalue weighted by molar-refractivity contribution is -0.720. The third-order valence-electron chi connectivity index (χ3n) is 8.34. The molecule has 4 aromatic carbocycles. The smallest absolute Gasteiger partial charge is 0.287 e. The van der Waals surface area contributed by atoms with Gasteiger partial charge in [-0.3, -0.25) is 0 Å². The highest BCUT2D eigenvalue weighted by Crippen LogP contribution is 2.47. The topological polar surface area (TPSA) is 51.2 Å². The van der Waals surface area contributed by atoms with E-state index in [9.17, 15) is 5.11 Å². The van der Waals surface area contributed by atoms with E-state index < -0.39 is 0 Å².